The number of benzene rings is 1. The SMILES string of the molecule is CC(NS(=O)(=O)c1ccnc(Cl)c1)c1ccc(F)c(F)c1. The van der Waals surface area contributed by atoms with Crippen molar-refractivity contribution in [2.45, 2.75) is 17.9 Å². The van der Waals surface area contributed by atoms with Crippen LogP contribution in [0.5, 0.6) is 0 Å². The summed E-state index contributed by atoms with van der Waals surface area (Å²) in [5, 5.41) is 0.0401. The summed E-state index contributed by atoms with van der Waals surface area (Å²) in [6.07, 6.45) is 1.26. The molecule has 1 aromatic carbocycles. The molecule has 0 radical (unpaired) electrons. The molecule has 0 aliphatic heterocycles. The van der Waals surface area contributed by atoms with Crippen molar-refractivity contribution < 1.29 is 17.2 Å². The molecule has 0 saturated heterocycles. The van der Waals surface area contributed by atoms with E-state index in [1.807, 2.05) is 0 Å². The van der Waals surface area contributed by atoms with E-state index in [1.165, 1.54) is 31.3 Å². The minimum absolute atomic E-state index is 0.0401. The fraction of sp³-hybridized carbons (Fsp3) is 0.154. The zero-order valence-corrected chi connectivity index (χ0v) is 12.4. The second-order valence-electron chi connectivity index (χ2n) is 4.33. The van der Waals surface area contributed by atoms with Gasteiger partial charge in [0.2, 0.25) is 10.0 Å². The van der Waals surface area contributed by atoms with Crippen LogP contribution in [-0.4, -0.2) is 13.4 Å². The van der Waals surface area contributed by atoms with E-state index in [9.17, 15) is 17.2 Å². The Morgan fingerprint density at radius 3 is 2.52 bits per heavy atom. The number of rotatable bonds is 4. The maximum atomic E-state index is 13.2. The van der Waals surface area contributed by atoms with Crippen LogP contribution in [0.3, 0.4) is 0 Å². The lowest BCUT2D eigenvalue weighted by atomic mass is 10.1. The third-order valence-corrected chi connectivity index (χ3v) is 4.53. The zero-order valence-electron chi connectivity index (χ0n) is 10.8. The van der Waals surface area contributed by atoms with E-state index in [0.29, 0.717) is 5.56 Å². The second-order valence-corrected chi connectivity index (χ2v) is 6.43. The quantitative estimate of drug-likeness (QED) is 0.875. The minimum Gasteiger partial charge on any atom is -0.244 e. The molecular weight excluding hydrogens is 322 g/mol. The highest BCUT2D eigenvalue weighted by Gasteiger charge is 2.19. The summed E-state index contributed by atoms with van der Waals surface area (Å²) in [5.74, 6) is -2.03. The van der Waals surface area contributed by atoms with Crippen LogP contribution in [0.15, 0.2) is 41.4 Å². The molecule has 0 fully saturated rings. The fourth-order valence-corrected chi connectivity index (χ4v) is 3.19. The Morgan fingerprint density at radius 1 is 1.19 bits per heavy atom. The Bertz CT molecular complexity index is 769. The molecule has 21 heavy (non-hydrogen) atoms. The molecule has 1 N–H and O–H groups in total. The summed E-state index contributed by atoms with van der Waals surface area (Å²) in [6.45, 7) is 1.52. The summed E-state index contributed by atoms with van der Waals surface area (Å²) in [4.78, 5) is 3.64. The minimum atomic E-state index is -3.84. The highest BCUT2D eigenvalue weighted by atomic mass is 35.5. The molecule has 2 rings (SSSR count). The van der Waals surface area contributed by atoms with E-state index in [1.54, 1.807) is 0 Å². The van der Waals surface area contributed by atoms with Crippen molar-refractivity contribution >= 4 is 21.6 Å². The molecule has 0 saturated carbocycles. The van der Waals surface area contributed by atoms with Gasteiger partial charge in [0.05, 0.1) is 4.90 Å². The molecule has 8 heteroatoms. The van der Waals surface area contributed by atoms with E-state index < -0.39 is 27.7 Å². The van der Waals surface area contributed by atoms with Crippen molar-refractivity contribution in [2.75, 3.05) is 0 Å². The van der Waals surface area contributed by atoms with Gasteiger partial charge in [-0.3, -0.25) is 0 Å². The largest absolute Gasteiger partial charge is 0.244 e. The van der Waals surface area contributed by atoms with Gasteiger partial charge in [0, 0.05) is 12.2 Å². The highest BCUT2D eigenvalue weighted by molar-refractivity contribution is 7.89. The Hall–Kier alpha value is -1.57. The molecule has 0 bridgehead atoms. The average Bonchev–Trinajstić information content (AvgIpc) is 2.41. The first kappa shape index (κ1) is 15.8. The molecular formula is C13H11ClF2N2O2S. The molecule has 0 aliphatic carbocycles. The van der Waals surface area contributed by atoms with Gasteiger partial charge in [-0.1, -0.05) is 17.7 Å². The van der Waals surface area contributed by atoms with Gasteiger partial charge in [-0.25, -0.2) is 26.9 Å². The topological polar surface area (TPSA) is 59.1 Å². The van der Waals surface area contributed by atoms with Crippen molar-refractivity contribution in [3.63, 3.8) is 0 Å². The summed E-state index contributed by atoms with van der Waals surface area (Å²) in [6, 6.07) is 4.94. The van der Waals surface area contributed by atoms with Gasteiger partial charge in [0.25, 0.3) is 0 Å². The van der Waals surface area contributed by atoms with Crippen LogP contribution in [0.25, 0.3) is 0 Å². The maximum Gasteiger partial charge on any atom is 0.241 e. The van der Waals surface area contributed by atoms with Gasteiger partial charge in [-0.05, 0) is 36.8 Å². The molecule has 1 heterocycles. The molecule has 0 spiro atoms. The number of nitrogens with zero attached hydrogens (tertiary/aromatic N) is 1. The smallest absolute Gasteiger partial charge is 0.241 e. The Labute approximate surface area is 125 Å². The standard InChI is InChI=1S/C13H11ClF2N2O2S/c1-8(9-2-3-11(15)12(16)6-9)18-21(19,20)10-4-5-17-13(14)7-10/h2-8,18H,1H3. The molecule has 0 amide bonds. The zero-order chi connectivity index (χ0) is 15.6. The van der Waals surface area contributed by atoms with Gasteiger partial charge < -0.3 is 0 Å². The number of halogens is 3. The van der Waals surface area contributed by atoms with Crippen LogP contribution in [0.2, 0.25) is 5.15 Å². The molecule has 2 aromatic rings. The van der Waals surface area contributed by atoms with E-state index in [0.717, 1.165) is 12.1 Å². The van der Waals surface area contributed by atoms with Crippen molar-refractivity contribution in [1.82, 2.24) is 9.71 Å². The van der Waals surface area contributed by atoms with Crippen LogP contribution in [0.1, 0.15) is 18.5 Å². The van der Waals surface area contributed by atoms with Gasteiger partial charge in [-0.15, -0.1) is 0 Å². The second kappa shape index (κ2) is 6.05. The number of hydrogen-bond acceptors (Lipinski definition) is 3. The number of nitrogens with one attached hydrogen (secondary N) is 1. The Balaban J connectivity index is 2.25. The van der Waals surface area contributed by atoms with Gasteiger partial charge in [-0.2, -0.15) is 0 Å². The lowest BCUT2D eigenvalue weighted by Crippen LogP contribution is -2.27. The molecule has 112 valence electrons. The maximum absolute atomic E-state index is 13.2. The van der Waals surface area contributed by atoms with Crippen molar-refractivity contribution in [3.05, 3.63) is 58.9 Å². The summed E-state index contributed by atoms with van der Waals surface area (Å²) in [5.41, 5.74) is 0.303. The number of pyridine rings is 1. The van der Waals surface area contributed by atoms with Crippen LogP contribution in [0.4, 0.5) is 8.78 Å². The fourth-order valence-electron chi connectivity index (χ4n) is 1.70. The number of hydrogen-bond donors (Lipinski definition) is 1. The van der Waals surface area contributed by atoms with Crippen molar-refractivity contribution in [2.24, 2.45) is 0 Å². The van der Waals surface area contributed by atoms with Crippen molar-refractivity contribution in [3.8, 4) is 0 Å². The van der Waals surface area contributed by atoms with Crippen LogP contribution in [-0.2, 0) is 10.0 Å². The number of aromatic nitrogens is 1. The monoisotopic (exact) mass is 332 g/mol. The Kier molecular flexibility index (Phi) is 4.55. The first-order valence-corrected chi connectivity index (χ1v) is 7.74. The van der Waals surface area contributed by atoms with E-state index in [2.05, 4.69) is 9.71 Å². The van der Waals surface area contributed by atoms with Crippen LogP contribution < -0.4 is 4.72 Å². The third kappa shape index (κ3) is 3.75. The lowest BCUT2D eigenvalue weighted by Gasteiger charge is -2.15. The van der Waals surface area contributed by atoms with E-state index in [4.69, 9.17) is 11.6 Å². The van der Waals surface area contributed by atoms with E-state index in [-0.39, 0.29) is 10.0 Å². The molecule has 1 atom stereocenters. The first-order chi connectivity index (χ1) is 9.79. The summed E-state index contributed by atoms with van der Waals surface area (Å²) < 4.78 is 52.7. The first-order valence-electron chi connectivity index (χ1n) is 5.88. The van der Waals surface area contributed by atoms with E-state index >= 15 is 0 Å². The molecule has 1 aromatic heterocycles. The van der Waals surface area contributed by atoms with Gasteiger partial charge in [0.1, 0.15) is 5.15 Å². The predicted octanol–water partition coefficient (Wildman–Crippen LogP) is 3.05. The molecule has 1 unspecified atom stereocenters. The molecule has 4 nitrogen and oxygen atoms in total. The third-order valence-electron chi connectivity index (χ3n) is 2.78. The average molecular weight is 333 g/mol. The van der Waals surface area contributed by atoms with Gasteiger partial charge >= 0.3 is 0 Å². The molecule has 0 aliphatic rings. The lowest BCUT2D eigenvalue weighted by molar-refractivity contribution is 0.504. The summed E-state index contributed by atoms with van der Waals surface area (Å²) >= 11 is 5.65. The van der Waals surface area contributed by atoms with Crippen LogP contribution >= 0.6 is 11.6 Å². The normalized spacial score (nSPS) is 13.1. The van der Waals surface area contributed by atoms with Crippen molar-refractivity contribution in [1.29, 1.82) is 0 Å². The number of sulfonamides is 1. The highest BCUT2D eigenvalue weighted by Crippen LogP contribution is 2.20. The van der Waals surface area contributed by atoms with Crippen LogP contribution in [0, 0.1) is 11.6 Å². The Morgan fingerprint density at radius 2 is 1.90 bits per heavy atom. The summed E-state index contributed by atoms with van der Waals surface area (Å²) in [7, 11) is -3.84. The predicted molar refractivity (Wildman–Crippen MR) is 74.3 cm³/mol. The van der Waals surface area contributed by atoms with Gasteiger partial charge in [0.15, 0.2) is 11.6 Å².